The number of urea groups is 1. The van der Waals surface area contributed by atoms with Crippen LogP contribution in [0.2, 0.25) is 0 Å². The van der Waals surface area contributed by atoms with Crippen molar-refractivity contribution in [3.63, 3.8) is 0 Å². The van der Waals surface area contributed by atoms with Gasteiger partial charge >= 0.3 is 12.0 Å². The molecule has 7 nitrogen and oxygen atoms in total. The molecule has 1 heterocycles. The van der Waals surface area contributed by atoms with Crippen LogP contribution in [0.15, 0.2) is 0 Å². The molecule has 1 saturated carbocycles. The van der Waals surface area contributed by atoms with Crippen LogP contribution < -0.4 is 10.6 Å². The number of amides is 2. The average molecular weight is 312 g/mol. The molecular weight excluding hydrogens is 292 g/mol. The van der Waals surface area contributed by atoms with Crippen molar-refractivity contribution in [3.05, 3.63) is 5.01 Å². The fourth-order valence-electron chi connectivity index (χ4n) is 2.53. The third-order valence-electron chi connectivity index (χ3n) is 3.84. The van der Waals surface area contributed by atoms with Gasteiger partial charge in [-0.05, 0) is 19.3 Å². The number of carbonyl (C=O) groups excluding carboxylic acids is 1. The Balaban J connectivity index is 1.88. The van der Waals surface area contributed by atoms with Crippen LogP contribution in [0.5, 0.6) is 0 Å². The van der Waals surface area contributed by atoms with Crippen LogP contribution in [-0.4, -0.2) is 33.8 Å². The zero-order valence-electron chi connectivity index (χ0n) is 12.0. The van der Waals surface area contributed by atoms with Crippen LogP contribution in [0.3, 0.4) is 0 Å². The van der Waals surface area contributed by atoms with E-state index in [1.54, 1.807) is 0 Å². The van der Waals surface area contributed by atoms with Crippen molar-refractivity contribution in [2.24, 2.45) is 5.41 Å². The highest BCUT2D eigenvalue weighted by molar-refractivity contribution is 7.15. The third-order valence-corrected chi connectivity index (χ3v) is 4.82. The van der Waals surface area contributed by atoms with Crippen molar-refractivity contribution in [1.82, 2.24) is 15.5 Å². The molecule has 0 bridgehead atoms. The zero-order chi connectivity index (χ0) is 15.3. The molecule has 1 aliphatic rings. The number of hydrogen-bond acceptors (Lipinski definition) is 5. The minimum Gasteiger partial charge on any atom is -0.481 e. The summed E-state index contributed by atoms with van der Waals surface area (Å²) < 4.78 is 0. The number of aryl methyl sites for hydroxylation is 1. The van der Waals surface area contributed by atoms with Gasteiger partial charge in [-0.15, -0.1) is 10.2 Å². The first kappa shape index (κ1) is 15.7. The van der Waals surface area contributed by atoms with Gasteiger partial charge in [0.2, 0.25) is 5.13 Å². The van der Waals surface area contributed by atoms with Crippen molar-refractivity contribution < 1.29 is 14.7 Å². The molecule has 1 fully saturated rings. The zero-order valence-corrected chi connectivity index (χ0v) is 12.8. The van der Waals surface area contributed by atoms with Crippen LogP contribution in [-0.2, 0) is 11.2 Å². The average Bonchev–Trinajstić information content (AvgIpc) is 2.93. The van der Waals surface area contributed by atoms with E-state index in [4.69, 9.17) is 0 Å². The fourth-order valence-corrected chi connectivity index (χ4v) is 3.21. The summed E-state index contributed by atoms with van der Waals surface area (Å²) >= 11 is 1.32. The van der Waals surface area contributed by atoms with Crippen molar-refractivity contribution in [3.8, 4) is 0 Å². The molecule has 1 aromatic heterocycles. The maximum atomic E-state index is 11.8. The van der Waals surface area contributed by atoms with Gasteiger partial charge in [-0.25, -0.2) is 4.79 Å². The van der Waals surface area contributed by atoms with E-state index in [-0.39, 0.29) is 6.54 Å². The topological polar surface area (TPSA) is 104 Å². The maximum absolute atomic E-state index is 11.8. The fraction of sp³-hybridized carbons (Fsp3) is 0.692. The van der Waals surface area contributed by atoms with E-state index >= 15 is 0 Å². The summed E-state index contributed by atoms with van der Waals surface area (Å²) in [6, 6.07) is -0.431. The lowest BCUT2D eigenvalue weighted by atomic mass is 9.74. The second-order valence-corrected chi connectivity index (χ2v) is 6.37. The molecule has 21 heavy (non-hydrogen) atoms. The lowest BCUT2D eigenvalue weighted by molar-refractivity contribution is -0.150. The van der Waals surface area contributed by atoms with Crippen molar-refractivity contribution >= 4 is 28.5 Å². The third kappa shape index (κ3) is 3.90. The summed E-state index contributed by atoms with van der Waals surface area (Å²) in [5.41, 5.74) is -0.828. The van der Waals surface area contributed by atoms with Crippen LogP contribution in [0.4, 0.5) is 9.93 Å². The van der Waals surface area contributed by atoms with E-state index in [1.807, 2.05) is 6.92 Å². The minimum atomic E-state index is -0.828. The highest BCUT2D eigenvalue weighted by Gasteiger charge is 2.39. The van der Waals surface area contributed by atoms with Gasteiger partial charge in [0.1, 0.15) is 5.01 Å². The summed E-state index contributed by atoms with van der Waals surface area (Å²) in [4.78, 5) is 23.3. The normalized spacial score (nSPS) is 17.2. The molecule has 1 aliphatic carbocycles. The number of rotatable bonds is 5. The monoisotopic (exact) mass is 312 g/mol. The van der Waals surface area contributed by atoms with Crippen molar-refractivity contribution in [2.75, 3.05) is 11.9 Å². The number of carboxylic acid groups (broad SMARTS) is 1. The van der Waals surface area contributed by atoms with E-state index in [9.17, 15) is 14.7 Å². The van der Waals surface area contributed by atoms with Gasteiger partial charge in [0.15, 0.2) is 0 Å². The Labute approximate surface area is 127 Å². The van der Waals surface area contributed by atoms with E-state index in [2.05, 4.69) is 20.8 Å². The molecule has 3 N–H and O–H groups in total. The van der Waals surface area contributed by atoms with Crippen LogP contribution in [0, 0.1) is 5.41 Å². The Morgan fingerprint density at radius 1 is 1.29 bits per heavy atom. The number of nitrogens with one attached hydrogen (secondary N) is 2. The predicted octanol–water partition coefficient (Wildman–Crippen LogP) is 2.26. The standard InChI is InChI=1S/C13H20N4O3S/c1-2-9-16-17-12(21-9)15-11(20)14-8-13(10(18)19)6-4-3-5-7-13/h2-8H2,1H3,(H,18,19)(H2,14,15,17,20). The molecule has 0 aliphatic heterocycles. The molecule has 0 atom stereocenters. The molecule has 0 unspecified atom stereocenters. The Morgan fingerprint density at radius 2 is 2.00 bits per heavy atom. The van der Waals surface area contributed by atoms with Crippen molar-refractivity contribution in [2.45, 2.75) is 45.4 Å². The summed E-state index contributed by atoms with van der Waals surface area (Å²) in [6.45, 7) is 2.11. The molecule has 116 valence electrons. The first-order chi connectivity index (χ1) is 10.1. The number of nitrogens with zero attached hydrogens (tertiary/aromatic N) is 2. The lowest BCUT2D eigenvalue weighted by Gasteiger charge is -2.33. The summed E-state index contributed by atoms with van der Waals surface area (Å²) in [5, 5.41) is 23.7. The molecule has 0 spiro atoms. The number of carbonyl (C=O) groups is 2. The Kier molecular flexibility index (Phi) is 5.11. The molecule has 0 saturated heterocycles. The largest absolute Gasteiger partial charge is 0.481 e. The first-order valence-corrected chi connectivity index (χ1v) is 7.98. The predicted molar refractivity (Wildman–Crippen MR) is 79.5 cm³/mol. The molecule has 2 amide bonds. The number of carboxylic acids is 1. The Morgan fingerprint density at radius 3 is 2.57 bits per heavy atom. The quantitative estimate of drug-likeness (QED) is 0.773. The second kappa shape index (κ2) is 6.84. The van der Waals surface area contributed by atoms with Crippen LogP contribution >= 0.6 is 11.3 Å². The summed E-state index contributed by atoms with van der Waals surface area (Å²) in [5.74, 6) is -0.827. The van der Waals surface area contributed by atoms with Gasteiger partial charge in [0.25, 0.3) is 0 Å². The maximum Gasteiger partial charge on any atom is 0.321 e. The highest BCUT2D eigenvalue weighted by atomic mass is 32.1. The molecule has 1 aromatic rings. The summed E-state index contributed by atoms with van der Waals surface area (Å²) in [7, 11) is 0. The second-order valence-electron chi connectivity index (χ2n) is 5.31. The van der Waals surface area contributed by atoms with Gasteiger partial charge in [-0.2, -0.15) is 0 Å². The van der Waals surface area contributed by atoms with Gasteiger partial charge in [0, 0.05) is 6.54 Å². The minimum absolute atomic E-state index is 0.146. The van der Waals surface area contributed by atoms with Crippen LogP contribution in [0.25, 0.3) is 0 Å². The summed E-state index contributed by atoms with van der Waals surface area (Å²) in [6.07, 6.45) is 4.84. The SMILES string of the molecule is CCc1nnc(NC(=O)NCC2(C(=O)O)CCCCC2)s1. The lowest BCUT2D eigenvalue weighted by Crippen LogP contribution is -2.45. The molecule has 2 rings (SSSR count). The number of aliphatic carboxylic acids is 1. The molecule has 0 radical (unpaired) electrons. The molecule has 8 heteroatoms. The van der Waals surface area contributed by atoms with E-state index < -0.39 is 17.4 Å². The van der Waals surface area contributed by atoms with Gasteiger partial charge in [-0.3, -0.25) is 10.1 Å². The van der Waals surface area contributed by atoms with Gasteiger partial charge < -0.3 is 10.4 Å². The highest BCUT2D eigenvalue weighted by Crippen LogP contribution is 2.36. The van der Waals surface area contributed by atoms with Gasteiger partial charge in [-0.1, -0.05) is 37.5 Å². The number of aromatic nitrogens is 2. The van der Waals surface area contributed by atoms with Crippen LogP contribution in [0.1, 0.15) is 44.0 Å². The Bertz CT molecular complexity index is 511. The van der Waals surface area contributed by atoms with Gasteiger partial charge in [0.05, 0.1) is 5.41 Å². The first-order valence-electron chi connectivity index (χ1n) is 7.16. The number of anilines is 1. The Hall–Kier alpha value is -1.70. The van der Waals surface area contributed by atoms with E-state index in [1.165, 1.54) is 11.3 Å². The number of hydrogen-bond donors (Lipinski definition) is 3. The molecule has 0 aromatic carbocycles. The van der Waals surface area contributed by atoms with Crippen molar-refractivity contribution in [1.29, 1.82) is 0 Å². The smallest absolute Gasteiger partial charge is 0.321 e. The van der Waals surface area contributed by atoms with E-state index in [0.29, 0.717) is 18.0 Å². The van der Waals surface area contributed by atoms with E-state index in [0.717, 1.165) is 30.7 Å². The molecular formula is C13H20N4O3S.